The van der Waals surface area contributed by atoms with Gasteiger partial charge in [-0.1, -0.05) is 48.0 Å². The first kappa shape index (κ1) is 30.0. The van der Waals surface area contributed by atoms with E-state index in [0.717, 1.165) is 17.0 Å². The number of anilines is 1. The van der Waals surface area contributed by atoms with Gasteiger partial charge in [0.1, 0.15) is 12.6 Å². The number of benzene rings is 3. The number of rotatable bonds is 10. The molecule has 0 heterocycles. The van der Waals surface area contributed by atoms with E-state index in [1.54, 1.807) is 37.3 Å². The van der Waals surface area contributed by atoms with Crippen LogP contribution >= 0.6 is 11.6 Å². The standard InChI is InChI=1S/C27H27ClF3N3O4S/c1-3-32-26(36)19(2)33(17-20-9-7-11-22(28)15-20)25(35)18-34(39(37,38)24-13-5-4-6-14-24)23-12-8-10-21(16-23)27(29,30)31/h4-16,19H,3,17-18H2,1-2H3,(H,32,36)/t19-/m0/s1. The van der Waals surface area contributed by atoms with Crippen molar-refractivity contribution in [3.8, 4) is 0 Å². The molecule has 0 bridgehead atoms. The van der Waals surface area contributed by atoms with Gasteiger partial charge in [0.05, 0.1) is 16.1 Å². The number of nitrogens with zero attached hydrogens (tertiary/aromatic N) is 2. The fourth-order valence-corrected chi connectivity index (χ4v) is 5.46. The second kappa shape index (κ2) is 12.5. The quantitative estimate of drug-likeness (QED) is 0.361. The number of alkyl halides is 3. The fourth-order valence-electron chi connectivity index (χ4n) is 3.82. The Morgan fingerprint density at radius 1 is 0.974 bits per heavy atom. The number of amides is 2. The summed E-state index contributed by atoms with van der Waals surface area (Å²) in [5, 5.41) is 3.02. The van der Waals surface area contributed by atoms with E-state index >= 15 is 0 Å². The predicted octanol–water partition coefficient (Wildman–Crippen LogP) is 5.11. The Labute approximate surface area is 230 Å². The maximum Gasteiger partial charge on any atom is 0.416 e. The summed E-state index contributed by atoms with van der Waals surface area (Å²) >= 11 is 6.08. The van der Waals surface area contributed by atoms with Crippen molar-refractivity contribution >= 4 is 39.1 Å². The summed E-state index contributed by atoms with van der Waals surface area (Å²) in [6, 6.07) is 16.3. The highest BCUT2D eigenvalue weighted by molar-refractivity contribution is 7.92. The molecule has 3 aromatic rings. The number of halogens is 4. The van der Waals surface area contributed by atoms with Crippen LogP contribution in [-0.4, -0.2) is 44.3 Å². The molecule has 208 valence electrons. The zero-order chi connectivity index (χ0) is 28.8. The van der Waals surface area contributed by atoms with Crippen LogP contribution in [0, 0.1) is 0 Å². The van der Waals surface area contributed by atoms with Crippen molar-refractivity contribution in [1.82, 2.24) is 10.2 Å². The third-order valence-corrected chi connectivity index (χ3v) is 7.85. The lowest BCUT2D eigenvalue weighted by atomic mass is 10.1. The molecule has 0 aliphatic heterocycles. The first-order chi connectivity index (χ1) is 18.3. The van der Waals surface area contributed by atoms with Crippen molar-refractivity contribution in [2.24, 2.45) is 0 Å². The number of carbonyl (C=O) groups excluding carboxylic acids is 2. The third kappa shape index (κ3) is 7.51. The molecule has 3 rings (SSSR count). The molecule has 0 spiro atoms. The molecule has 3 aromatic carbocycles. The lowest BCUT2D eigenvalue weighted by Crippen LogP contribution is -2.51. The molecule has 0 aliphatic rings. The second-order valence-electron chi connectivity index (χ2n) is 8.59. The lowest BCUT2D eigenvalue weighted by Gasteiger charge is -2.32. The number of likely N-dealkylation sites (N-methyl/N-ethyl adjacent to an activating group) is 1. The minimum Gasteiger partial charge on any atom is -0.355 e. The normalized spacial score (nSPS) is 12.5. The highest BCUT2D eigenvalue weighted by Crippen LogP contribution is 2.33. The van der Waals surface area contributed by atoms with Crippen LogP contribution < -0.4 is 9.62 Å². The Morgan fingerprint density at radius 2 is 1.64 bits per heavy atom. The Morgan fingerprint density at radius 3 is 2.26 bits per heavy atom. The molecule has 0 saturated heterocycles. The van der Waals surface area contributed by atoms with Crippen LogP contribution in [0.4, 0.5) is 18.9 Å². The molecule has 1 N–H and O–H groups in total. The van der Waals surface area contributed by atoms with Gasteiger partial charge in [-0.3, -0.25) is 13.9 Å². The topological polar surface area (TPSA) is 86.8 Å². The molecule has 1 atom stereocenters. The average molecular weight is 582 g/mol. The first-order valence-electron chi connectivity index (χ1n) is 11.9. The van der Waals surface area contributed by atoms with Gasteiger partial charge in [0.25, 0.3) is 10.0 Å². The SMILES string of the molecule is CCNC(=O)[C@H](C)N(Cc1cccc(Cl)c1)C(=O)CN(c1cccc(C(F)(F)F)c1)S(=O)(=O)c1ccccc1. The van der Waals surface area contributed by atoms with Gasteiger partial charge in [-0.25, -0.2) is 8.42 Å². The summed E-state index contributed by atoms with van der Waals surface area (Å²) in [5.41, 5.74) is -0.855. The van der Waals surface area contributed by atoms with Gasteiger partial charge in [0, 0.05) is 18.1 Å². The Bertz CT molecular complexity index is 1420. The molecule has 7 nitrogen and oxygen atoms in total. The summed E-state index contributed by atoms with van der Waals surface area (Å²) < 4.78 is 68.4. The van der Waals surface area contributed by atoms with Crippen molar-refractivity contribution < 1.29 is 31.2 Å². The minimum absolute atomic E-state index is 0.0977. The number of carbonyl (C=O) groups is 2. The van der Waals surface area contributed by atoms with Crippen molar-refractivity contribution in [2.45, 2.75) is 37.5 Å². The van der Waals surface area contributed by atoms with Gasteiger partial charge < -0.3 is 10.2 Å². The molecule has 2 amide bonds. The molecule has 12 heteroatoms. The molecule has 39 heavy (non-hydrogen) atoms. The number of hydrogen-bond donors (Lipinski definition) is 1. The Kier molecular flexibility index (Phi) is 9.63. The zero-order valence-corrected chi connectivity index (χ0v) is 22.7. The zero-order valence-electron chi connectivity index (χ0n) is 21.2. The smallest absolute Gasteiger partial charge is 0.355 e. The number of nitrogens with one attached hydrogen (secondary N) is 1. The number of hydrogen-bond acceptors (Lipinski definition) is 4. The second-order valence-corrected chi connectivity index (χ2v) is 10.9. The van der Waals surface area contributed by atoms with E-state index < -0.39 is 46.2 Å². The molecular formula is C27H27ClF3N3O4S. The fraction of sp³-hybridized carbons (Fsp3) is 0.259. The van der Waals surface area contributed by atoms with E-state index in [0.29, 0.717) is 27.5 Å². The highest BCUT2D eigenvalue weighted by Gasteiger charge is 2.35. The Balaban J connectivity index is 2.08. The summed E-state index contributed by atoms with van der Waals surface area (Å²) in [5.74, 6) is -1.28. The molecule has 0 aromatic heterocycles. The van der Waals surface area contributed by atoms with Gasteiger partial charge in [0.15, 0.2) is 0 Å². The van der Waals surface area contributed by atoms with Gasteiger partial charge in [0.2, 0.25) is 11.8 Å². The van der Waals surface area contributed by atoms with E-state index in [9.17, 15) is 31.2 Å². The maximum atomic E-state index is 13.7. The molecule has 0 aliphatic carbocycles. The lowest BCUT2D eigenvalue weighted by molar-refractivity contribution is -0.139. The molecule has 0 radical (unpaired) electrons. The van der Waals surface area contributed by atoms with Crippen LogP contribution in [-0.2, 0) is 32.3 Å². The van der Waals surface area contributed by atoms with Crippen LogP contribution in [0.15, 0.2) is 83.8 Å². The van der Waals surface area contributed by atoms with Crippen LogP contribution in [0.5, 0.6) is 0 Å². The molecule has 0 saturated carbocycles. The minimum atomic E-state index is -4.74. The van der Waals surface area contributed by atoms with Gasteiger partial charge >= 0.3 is 6.18 Å². The summed E-state index contributed by atoms with van der Waals surface area (Å²) in [7, 11) is -4.48. The maximum absolute atomic E-state index is 13.7. The largest absolute Gasteiger partial charge is 0.416 e. The van der Waals surface area contributed by atoms with Crippen LogP contribution in [0.3, 0.4) is 0 Å². The van der Waals surface area contributed by atoms with Crippen molar-refractivity contribution in [1.29, 1.82) is 0 Å². The highest BCUT2D eigenvalue weighted by atomic mass is 35.5. The van der Waals surface area contributed by atoms with Gasteiger partial charge in [-0.05, 0) is 61.9 Å². The molecule has 0 fully saturated rings. The molecular weight excluding hydrogens is 555 g/mol. The third-order valence-electron chi connectivity index (χ3n) is 5.83. The summed E-state index contributed by atoms with van der Waals surface area (Å²) in [4.78, 5) is 27.3. The van der Waals surface area contributed by atoms with Crippen LogP contribution in [0.1, 0.15) is 25.0 Å². The van der Waals surface area contributed by atoms with Crippen LogP contribution in [0.25, 0.3) is 0 Å². The van der Waals surface area contributed by atoms with Crippen molar-refractivity contribution in [3.63, 3.8) is 0 Å². The van der Waals surface area contributed by atoms with E-state index in [1.807, 2.05) is 0 Å². The average Bonchev–Trinajstić information content (AvgIpc) is 2.90. The first-order valence-corrected chi connectivity index (χ1v) is 13.7. The summed E-state index contributed by atoms with van der Waals surface area (Å²) in [6.45, 7) is 2.52. The van der Waals surface area contributed by atoms with Crippen molar-refractivity contribution in [3.05, 3.63) is 95.0 Å². The number of sulfonamides is 1. The Hall–Kier alpha value is -3.57. The van der Waals surface area contributed by atoms with E-state index in [-0.39, 0.29) is 17.1 Å². The van der Waals surface area contributed by atoms with E-state index in [1.165, 1.54) is 37.3 Å². The van der Waals surface area contributed by atoms with E-state index in [2.05, 4.69) is 5.32 Å². The summed E-state index contributed by atoms with van der Waals surface area (Å²) in [6.07, 6.45) is -4.74. The van der Waals surface area contributed by atoms with Crippen molar-refractivity contribution in [2.75, 3.05) is 17.4 Å². The van der Waals surface area contributed by atoms with Gasteiger partial charge in [-0.15, -0.1) is 0 Å². The predicted molar refractivity (Wildman–Crippen MR) is 143 cm³/mol. The molecule has 0 unspecified atom stereocenters. The van der Waals surface area contributed by atoms with E-state index in [4.69, 9.17) is 11.6 Å². The van der Waals surface area contributed by atoms with Gasteiger partial charge in [-0.2, -0.15) is 13.2 Å². The van der Waals surface area contributed by atoms with Crippen LogP contribution in [0.2, 0.25) is 5.02 Å². The monoisotopic (exact) mass is 581 g/mol.